The fourth-order valence-corrected chi connectivity index (χ4v) is 2.04. The van der Waals surface area contributed by atoms with Crippen molar-refractivity contribution in [1.82, 2.24) is 5.32 Å². The van der Waals surface area contributed by atoms with E-state index in [1.54, 1.807) is 0 Å². The highest BCUT2D eigenvalue weighted by Crippen LogP contribution is 2.26. The number of nitrogens with zero attached hydrogens (tertiary/aromatic N) is 1. The summed E-state index contributed by atoms with van der Waals surface area (Å²) < 4.78 is 0. The van der Waals surface area contributed by atoms with Crippen LogP contribution in [0.1, 0.15) is 25.3 Å². The van der Waals surface area contributed by atoms with E-state index in [0.717, 1.165) is 0 Å². The van der Waals surface area contributed by atoms with E-state index in [0.29, 0.717) is 19.0 Å². The van der Waals surface area contributed by atoms with E-state index >= 15 is 0 Å². The van der Waals surface area contributed by atoms with Crippen LogP contribution in [0.5, 0.6) is 0 Å². The number of nitrogens with one attached hydrogen (secondary N) is 1. The number of rotatable bonds is 6. The molecule has 1 unspecified atom stereocenters. The lowest BCUT2D eigenvalue weighted by molar-refractivity contribution is 0.181. The average Bonchev–Trinajstić information content (AvgIpc) is 2.29. The van der Waals surface area contributed by atoms with Crippen molar-refractivity contribution in [3.8, 4) is 0 Å². The highest BCUT2D eigenvalue weighted by molar-refractivity contribution is 5.54. The maximum Gasteiger partial charge on any atom is 0.0838 e. The molecule has 17 heavy (non-hydrogen) atoms. The van der Waals surface area contributed by atoms with Crippen LogP contribution in [-0.4, -0.2) is 38.4 Å². The Balaban J connectivity index is 2.77. The van der Waals surface area contributed by atoms with Crippen LogP contribution in [0.2, 0.25) is 0 Å². The zero-order chi connectivity index (χ0) is 12.8. The standard InChI is InChI=1S/C14H24N2O/c1-11(2)13-7-5-6-8-14(13)16(4)10-12(17)9-15-3/h5-8,11-12,15,17H,9-10H2,1-4H3. The summed E-state index contributed by atoms with van der Waals surface area (Å²) in [7, 11) is 3.88. The molecule has 0 aliphatic rings. The molecule has 0 bridgehead atoms. The van der Waals surface area contributed by atoms with Gasteiger partial charge in [0, 0.05) is 25.8 Å². The molecule has 0 aliphatic carbocycles. The SMILES string of the molecule is CNCC(O)CN(C)c1ccccc1C(C)C. The molecule has 1 atom stereocenters. The topological polar surface area (TPSA) is 35.5 Å². The van der Waals surface area contributed by atoms with Gasteiger partial charge in [0.25, 0.3) is 0 Å². The molecule has 0 amide bonds. The van der Waals surface area contributed by atoms with Crippen molar-refractivity contribution in [1.29, 1.82) is 0 Å². The lowest BCUT2D eigenvalue weighted by Gasteiger charge is -2.26. The summed E-state index contributed by atoms with van der Waals surface area (Å²) in [6.07, 6.45) is -0.342. The van der Waals surface area contributed by atoms with Crippen molar-refractivity contribution >= 4 is 5.69 Å². The molecule has 0 radical (unpaired) electrons. The van der Waals surface area contributed by atoms with Gasteiger partial charge in [-0.15, -0.1) is 0 Å². The predicted octanol–water partition coefficient (Wildman–Crippen LogP) is 1.83. The van der Waals surface area contributed by atoms with Gasteiger partial charge >= 0.3 is 0 Å². The zero-order valence-corrected chi connectivity index (χ0v) is 11.3. The van der Waals surface area contributed by atoms with Crippen molar-refractivity contribution in [3.05, 3.63) is 29.8 Å². The molecule has 1 rings (SSSR count). The van der Waals surface area contributed by atoms with Gasteiger partial charge < -0.3 is 15.3 Å². The molecule has 0 fully saturated rings. The van der Waals surface area contributed by atoms with Gasteiger partial charge in [-0.05, 0) is 24.6 Å². The molecule has 0 aliphatic heterocycles. The van der Waals surface area contributed by atoms with Crippen LogP contribution in [0.3, 0.4) is 0 Å². The minimum absolute atomic E-state index is 0.342. The molecule has 1 aromatic carbocycles. The fraction of sp³-hybridized carbons (Fsp3) is 0.571. The average molecular weight is 236 g/mol. The summed E-state index contributed by atoms with van der Waals surface area (Å²) in [4.78, 5) is 2.12. The quantitative estimate of drug-likeness (QED) is 0.791. The molecule has 0 aromatic heterocycles. The van der Waals surface area contributed by atoms with Crippen molar-refractivity contribution in [2.45, 2.75) is 25.9 Å². The van der Waals surface area contributed by atoms with E-state index in [9.17, 15) is 5.11 Å². The molecule has 2 N–H and O–H groups in total. The Morgan fingerprint density at radius 3 is 2.53 bits per heavy atom. The summed E-state index contributed by atoms with van der Waals surface area (Å²) in [6, 6.07) is 8.38. The van der Waals surface area contributed by atoms with Crippen LogP contribution in [0, 0.1) is 0 Å². The second kappa shape index (κ2) is 6.62. The molecule has 96 valence electrons. The highest BCUT2D eigenvalue weighted by atomic mass is 16.3. The molecular weight excluding hydrogens is 212 g/mol. The Kier molecular flexibility index (Phi) is 5.45. The van der Waals surface area contributed by atoms with Crippen LogP contribution in [-0.2, 0) is 0 Å². The van der Waals surface area contributed by atoms with E-state index in [4.69, 9.17) is 0 Å². The Morgan fingerprint density at radius 1 is 1.29 bits per heavy atom. The number of aliphatic hydroxyl groups is 1. The van der Waals surface area contributed by atoms with Gasteiger partial charge in [0.2, 0.25) is 0 Å². The Morgan fingerprint density at radius 2 is 1.94 bits per heavy atom. The highest BCUT2D eigenvalue weighted by Gasteiger charge is 2.12. The minimum Gasteiger partial charge on any atom is -0.390 e. The van der Waals surface area contributed by atoms with Crippen LogP contribution in [0.15, 0.2) is 24.3 Å². The number of hydrogen-bond acceptors (Lipinski definition) is 3. The Bertz CT molecular complexity index is 339. The van der Waals surface area contributed by atoms with Crippen LogP contribution >= 0.6 is 0 Å². The van der Waals surface area contributed by atoms with E-state index in [1.807, 2.05) is 20.2 Å². The van der Waals surface area contributed by atoms with Gasteiger partial charge in [-0.2, -0.15) is 0 Å². The number of benzene rings is 1. The number of anilines is 1. The van der Waals surface area contributed by atoms with Crippen molar-refractivity contribution in [3.63, 3.8) is 0 Å². The largest absolute Gasteiger partial charge is 0.390 e. The Hall–Kier alpha value is -1.06. The third-order valence-corrected chi connectivity index (χ3v) is 2.89. The first kappa shape index (κ1) is 14.0. The summed E-state index contributed by atoms with van der Waals surface area (Å²) in [5.74, 6) is 0.495. The second-order valence-corrected chi connectivity index (χ2v) is 4.81. The van der Waals surface area contributed by atoms with Gasteiger partial charge in [0.05, 0.1) is 6.10 Å². The first-order valence-corrected chi connectivity index (χ1v) is 6.19. The second-order valence-electron chi connectivity index (χ2n) is 4.81. The van der Waals surface area contributed by atoms with Crippen LogP contribution in [0.4, 0.5) is 5.69 Å². The number of aliphatic hydroxyl groups excluding tert-OH is 1. The maximum absolute atomic E-state index is 9.81. The third-order valence-electron chi connectivity index (χ3n) is 2.89. The first-order chi connectivity index (χ1) is 8.06. The van der Waals surface area contributed by atoms with Gasteiger partial charge in [-0.1, -0.05) is 32.0 Å². The molecule has 3 heteroatoms. The summed E-state index contributed by atoms with van der Waals surface area (Å²) in [6.45, 7) is 5.64. The van der Waals surface area contributed by atoms with E-state index in [2.05, 4.69) is 42.3 Å². The monoisotopic (exact) mass is 236 g/mol. The molecule has 0 heterocycles. The number of hydrogen-bond donors (Lipinski definition) is 2. The zero-order valence-electron chi connectivity index (χ0n) is 11.3. The smallest absolute Gasteiger partial charge is 0.0838 e. The van der Waals surface area contributed by atoms with Crippen molar-refractivity contribution in [2.75, 3.05) is 32.1 Å². The summed E-state index contributed by atoms with van der Waals surface area (Å²) >= 11 is 0. The molecule has 1 aromatic rings. The van der Waals surface area contributed by atoms with Gasteiger partial charge in [-0.25, -0.2) is 0 Å². The van der Waals surface area contributed by atoms with Crippen LogP contribution < -0.4 is 10.2 Å². The lowest BCUT2D eigenvalue weighted by atomic mass is 10.0. The van der Waals surface area contributed by atoms with Crippen molar-refractivity contribution < 1.29 is 5.11 Å². The molecule has 0 spiro atoms. The van der Waals surface area contributed by atoms with Crippen LogP contribution in [0.25, 0.3) is 0 Å². The molecule has 0 saturated carbocycles. The molecular formula is C14H24N2O. The Labute approximate surface area is 104 Å². The summed E-state index contributed by atoms with van der Waals surface area (Å²) in [5.41, 5.74) is 2.53. The maximum atomic E-state index is 9.81. The predicted molar refractivity (Wildman–Crippen MR) is 73.7 cm³/mol. The van der Waals surface area contributed by atoms with Crippen molar-refractivity contribution in [2.24, 2.45) is 0 Å². The lowest BCUT2D eigenvalue weighted by Crippen LogP contribution is -2.35. The van der Waals surface area contributed by atoms with Gasteiger partial charge in [0.1, 0.15) is 0 Å². The van der Waals surface area contributed by atoms with E-state index in [-0.39, 0.29) is 6.10 Å². The van der Waals surface area contributed by atoms with E-state index < -0.39 is 0 Å². The van der Waals surface area contributed by atoms with Gasteiger partial charge in [-0.3, -0.25) is 0 Å². The first-order valence-electron chi connectivity index (χ1n) is 6.19. The fourth-order valence-electron chi connectivity index (χ4n) is 2.04. The van der Waals surface area contributed by atoms with Gasteiger partial charge in [0.15, 0.2) is 0 Å². The third kappa shape index (κ3) is 4.02. The normalized spacial score (nSPS) is 12.8. The molecule has 3 nitrogen and oxygen atoms in total. The number of likely N-dealkylation sites (N-methyl/N-ethyl adjacent to an activating group) is 2. The molecule has 0 saturated heterocycles. The number of para-hydroxylation sites is 1. The summed E-state index contributed by atoms with van der Waals surface area (Å²) in [5, 5.41) is 12.8. The minimum atomic E-state index is -0.342. The van der Waals surface area contributed by atoms with E-state index in [1.165, 1.54) is 11.3 Å².